The molecule has 1 aliphatic heterocycles. The summed E-state index contributed by atoms with van der Waals surface area (Å²) in [6.45, 7) is 14.7. The molecule has 2 heterocycles. The van der Waals surface area contributed by atoms with Gasteiger partial charge in [0.1, 0.15) is 11.9 Å². The van der Waals surface area contributed by atoms with E-state index in [1.807, 2.05) is 19.9 Å². The molecule has 0 spiro atoms. The van der Waals surface area contributed by atoms with E-state index in [4.69, 9.17) is 9.16 Å². The maximum absolute atomic E-state index is 13.7. The molecule has 1 aliphatic rings. The average molecular weight is 578 g/mol. The zero-order valence-electron chi connectivity index (χ0n) is 24.3. The highest BCUT2D eigenvalue weighted by Gasteiger charge is 2.41. The van der Waals surface area contributed by atoms with Crippen molar-refractivity contribution < 1.29 is 26.8 Å². The van der Waals surface area contributed by atoms with E-state index in [0.717, 1.165) is 10.6 Å². The van der Waals surface area contributed by atoms with Crippen LogP contribution in [0.5, 0.6) is 0 Å². The van der Waals surface area contributed by atoms with Crippen LogP contribution in [0.15, 0.2) is 30.3 Å². The van der Waals surface area contributed by atoms with Crippen LogP contribution in [0.25, 0.3) is 17.3 Å². The predicted octanol–water partition coefficient (Wildman–Crippen LogP) is 5.91. The van der Waals surface area contributed by atoms with Crippen molar-refractivity contribution >= 4 is 36.3 Å². The number of nitrogens with zero attached hydrogens (tertiary/aromatic N) is 3. The van der Waals surface area contributed by atoms with Crippen molar-refractivity contribution in [3.05, 3.63) is 47.4 Å². The molecule has 0 radical (unpaired) electrons. The molecule has 0 bridgehead atoms. The van der Waals surface area contributed by atoms with Crippen LogP contribution in [-0.4, -0.2) is 58.2 Å². The van der Waals surface area contributed by atoms with Gasteiger partial charge < -0.3 is 9.16 Å². The zero-order chi connectivity index (χ0) is 29.3. The summed E-state index contributed by atoms with van der Waals surface area (Å²) in [4.78, 5) is 21.7. The number of esters is 1. The lowest BCUT2D eigenvalue weighted by molar-refractivity contribution is -0.155. The van der Waals surface area contributed by atoms with Crippen LogP contribution < -0.4 is 4.31 Å². The number of halogens is 1. The minimum absolute atomic E-state index is 0.00806. The fourth-order valence-corrected chi connectivity index (χ4v) is 5.74. The first-order valence-electron chi connectivity index (χ1n) is 13.1. The van der Waals surface area contributed by atoms with Gasteiger partial charge in [-0.05, 0) is 54.4 Å². The molecule has 3 rings (SSSR count). The molecule has 1 fully saturated rings. The summed E-state index contributed by atoms with van der Waals surface area (Å²) in [5.74, 6) is -0.792. The predicted molar refractivity (Wildman–Crippen MR) is 155 cm³/mol. The van der Waals surface area contributed by atoms with Gasteiger partial charge in [0.25, 0.3) is 0 Å². The fourth-order valence-electron chi connectivity index (χ4n) is 3.99. The van der Waals surface area contributed by atoms with Crippen molar-refractivity contribution in [1.29, 1.82) is 0 Å². The second-order valence-electron chi connectivity index (χ2n) is 11.9. The van der Waals surface area contributed by atoms with Crippen LogP contribution in [0, 0.1) is 5.82 Å². The zero-order valence-corrected chi connectivity index (χ0v) is 26.1. The highest BCUT2D eigenvalue weighted by atomic mass is 32.2. The van der Waals surface area contributed by atoms with Gasteiger partial charge in [0.15, 0.2) is 8.32 Å². The summed E-state index contributed by atoms with van der Waals surface area (Å²) in [5.41, 5.74) is 2.31. The average Bonchev–Trinajstić information content (AvgIpc) is 2.80. The molecular weight excluding hydrogens is 537 g/mol. The topological polar surface area (TPSA) is 98.7 Å². The number of rotatable bonds is 8. The number of carbonyl (C=O) groups excluding carboxylic acids is 1. The molecule has 39 heavy (non-hydrogen) atoms. The number of carbonyl (C=O) groups is 1. The second kappa shape index (κ2) is 11.5. The van der Waals surface area contributed by atoms with E-state index in [1.54, 1.807) is 18.2 Å². The Labute approximate surface area is 232 Å². The van der Waals surface area contributed by atoms with Gasteiger partial charge in [-0.2, -0.15) is 0 Å². The highest BCUT2D eigenvalue weighted by Crippen LogP contribution is 2.39. The Morgan fingerprint density at radius 1 is 1.18 bits per heavy atom. The number of hydrogen-bond donors (Lipinski definition) is 0. The van der Waals surface area contributed by atoms with Gasteiger partial charge in [-0.1, -0.05) is 40.7 Å². The Bertz CT molecular complexity index is 1340. The number of ether oxygens (including phenoxy) is 1. The third-order valence-electron chi connectivity index (χ3n) is 7.32. The normalized spacial score (nSPS) is 19.0. The summed E-state index contributed by atoms with van der Waals surface area (Å²) < 4.78 is 51.5. The van der Waals surface area contributed by atoms with Crippen LogP contribution in [0.3, 0.4) is 0 Å². The third-order valence-corrected chi connectivity index (χ3v) is 13.0. The smallest absolute Gasteiger partial charge is 0.308 e. The molecule has 0 unspecified atom stereocenters. The van der Waals surface area contributed by atoms with Gasteiger partial charge in [-0.3, -0.25) is 4.79 Å². The minimum Gasteiger partial charge on any atom is -0.458 e. The Balaban J connectivity index is 2.06. The minimum atomic E-state index is -3.62. The van der Waals surface area contributed by atoms with E-state index in [-0.39, 0.29) is 35.4 Å². The first-order valence-corrected chi connectivity index (χ1v) is 17.8. The number of aromatic nitrogens is 2. The third kappa shape index (κ3) is 7.52. The molecule has 11 heteroatoms. The molecule has 1 aromatic carbocycles. The molecule has 0 aliphatic carbocycles. The van der Waals surface area contributed by atoms with Gasteiger partial charge >= 0.3 is 5.97 Å². The molecule has 214 valence electrons. The van der Waals surface area contributed by atoms with E-state index >= 15 is 0 Å². The number of benzene rings is 1. The maximum Gasteiger partial charge on any atom is 0.308 e. The Hall–Kier alpha value is -2.63. The lowest BCUT2D eigenvalue weighted by Gasteiger charge is -2.40. The van der Waals surface area contributed by atoms with E-state index in [0.29, 0.717) is 28.9 Å². The molecule has 0 amide bonds. The van der Waals surface area contributed by atoms with Gasteiger partial charge in [0.2, 0.25) is 16.0 Å². The summed E-state index contributed by atoms with van der Waals surface area (Å²) in [6.07, 6.45) is 4.67. The standard InChI is InChI=1S/C28H40FN3O5SSi/c1-18(2)25-23(15-14-21-16-22(17-24(33)36-21)37-39(8,9)28(3,4)5)26(19-10-12-20(29)13-11-19)31-27(30-25)32(6)38(7,34)35/h10-15,18,21-22H,16-17H2,1-9H3/t21-,22-/m1/s1. The van der Waals surface area contributed by atoms with E-state index < -0.39 is 30.3 Å². The maximum atomic E-state index is 13.7. The van der Waals surface area contributed by atoms with E-state index in [2.05, 4.69) is 43.8 Å². The summed E-state index contributed by atoms with van der Waals surface area (Å²) >= 11 is 0. The number of hydrogen-bond acceptors (Lipinski definition) is 7. The molecule has 1 aromatic heterocycles. The van der Waals surface area contributed by atoms with Crippen molar-refractivity contribution in [2.75, 3.05) is 17.6 Å². The number of sulfonamides is 1. The molecule has 1 saturated heterocycles. The lowest BCUT2D eigenvalue weighted by atomic mass is 9.97. The van der Waals surface area contributed by atoms with Gasteiger partial charge in [-0.25, -0.2) is 27.1 Å². The molecular formula is C28H40FN3O5SSi. The second-order valence-corrected chi connectivity index (χ2v) is 18.7. The molecule has 0 N–H and O–H groups in total. The van der Waals surface area contributed by atoms with Crippen molar-refractivity contribution in [3.63, 3.8) is 0 Å². The molecule has 8 nitrogen and oxygen atoms in total. The van der Waals surface area contributed by atoms with E-state index in [9.17, 15) is 17.6 Å². The Morgan fingerprint density at radius 3 is 2.33 bits per heavy atom. The highest BCUT2D eigenvalue weighted by molar-refractivity contribution is 7.92. The van der Waals surface area contributed by atoms with Crippen LogP contribution >= 0.6 is 0 Å². The lowest BCUT2D eigenvalue weighted by Crippen LogP contribution is -2.46. The van der Waals surface area contributed by atoms with Crippen LogP contribution in [0.4, 0.5) is 10.3 Å². The van der Waals surface area contributed by atoms with Crippen LogP contribution in [-0.2, 0) is 24.0 Å². The van der Waals surface area contributed by atoms with Gasteiger partial charge in [0, 0.05) is 24.6 Å². The summed E-state index contributed by atoms with van der Waals surface area (Å²) in [6, 6.07) is 5.83. The summed E-state index contributed by atoms with van der Waals surface area (Å²) in [7, 11) is -4.32. The van der Waals surface area contributed by atoms with Crippen molar-refractivity contribution in [3.8, 4) is 11.3 Å². The first-order chi connectivity index (χ1) is 17.9. The molecule has 2 aromatic rings. The van der Waals surface area contributed by atoms with Crippen molar-refractivity contribution in [1.82, 2.24) is 9.97 Å². The monoisotopic (exact) mass is 577 g/mol. The SMILES string of the molecule is CC(C)c1nc(N(C)S(C)(=O)=O)nc(-c2ccc(F)cc2)c1C=C[C@@H]1C[C@@H](O[Si](C)(C)C(C)(C)C)CC(=O)O1. The summed E-state index contributed by atoms with van der Waals surface area (Å²) in [5, 5.41) is 0.00806. The van der Waals surface area contributed by atoms with Gasteiger partial charge in [-0.15, -0.1) is 0 Å². The number of cyclic esters (lactones) is 1. The molecule has 0 saturated carbocycles. The quantitative estimate of drug-likeness (QED) is 0.284. The largest absolute Gasteiger partial charge is 0.458 e. The van der Waals surface area contributed by atoms with Crippen LogP contribution in [0.2, 0.25) is 18.1 Å². The Morgan fingerprint density at radius 2 is 1.79 bits per heavy atom. The Kier molecular flexibility index (Phi) is 9.08. The first kappa shape index (κ1) is 30.9. The van der Waals surface area contributed by atoms with E-state index in [1.165, 1.54) is 19.2 Å². The number of anilines is 1. The molecule has 2 atom stereocenters. The fraction of sp³-hybridized carbons (Fsp3) is 0.536. The van der Waals surface area contributed by atoms with Gasteiger partial charge in [0.05, 0.1) is 30.2 Å². The van der Waals surface area contributed by atoms with Crippen molar-refractivity contribution in [2.45, 2.75) is 83.7 Å². The van der Waals surface area contributed by atoms with Crippen LogP contribution in [0.1, 0.15) is 64.6 Å². The van der Waals surface area contributed by atoms with Crippen molar-refractivity contribution in [2.24, 2.45) is 0 Å².